The summed E-state index contributed by atoms with van der Waals surface area (Å²) in [5, 5.41) is 2.88. The number of carbonyl (C=O) groups is 1. The van der Waals surface area contributed by atoms with Crippen LogP contribution in [0.5, 0.6) is 0 Å². The zero-order chi connectivity index (χ0) is 13.7. The van der Waals surface area contributed by atoms with Gasteiger partial charge in [-0.15, -0.1) is 12.4 Å². The molecule has 1 aliphatic rings. The lowest BCUT2D eigenvalue weighted by molar-refractivity contribution is -0.126. The van der Waals surface area contributed by atoms with Gasteiger partial charge in [-0.2, -0.15) is 0 Å². The number of nitrogens with two attached hydrogens (primary N) is 1. The number of nitrogens with one attached hydrogen (secondary N) is 1. The molecular weight excluding hydrogens is 278 g/mol. The van der Waals surface area contributed by atoms with Gasteiger partial charge < -0.3 is 15.6 Å². The number of hydrogen-bond acceptors (Lipinski definition) is 4. The summed E-state index contributed by atoms with van der Waals surface area (Å²) in [6.45, 7) is 3.79. The van der Waals surface area contributed by atoms with E-state index in [1.807, 2.05) is 24.1 Å². The van der Waals surface area contributed by atoms with E-state index in [-0.39, 0.29) is 24.2 Å². The minimum atomic E-state index is 0. The highest BCUT2D eigenvalue weighted by Crippen LogP contribution is 2.18. The van der Waals surface area contributed by atoms with Gasteiger partial charge in [0.15, 0.2) is 0 Å². The number of rotatable bonds is 5. The Kier molecular flexibility index (Phi) is 6.98. The summed E-state index contributed by atoms with van der Waals surface area (Å²) in [5.74, 6) is 0.230. The molecule has 1 atom stereocenters. The Morgan fingerprint density at radius 1 is 1.60 bits per heavy atom. The van der Waals surface area contributed by atoms with Crippen molar-refractivity contribution in [3.05, 3.63) is 18.2 Å². The van der Waals surface area contributed by atoms with E-state index in [0.717, 1.165) is 32.5 Å². The van der Waals surface area contributed by atoms with Crippen molar-refractivity contribution in [2.45, 2.75) is 19.4 Å². The molecule has 3 N–H and O–H groups in total. The molecule has 1 aromatic rings. The number of hydrogen-bond donors (Lipinski definition) is 2. The number of likely N-dealkylation sites (tertiary alicyclic amines) is 1. The average Bonchev–Trinajstić information content (AvgIpc) is 2.82. The number of aromatic nitrogens is 2. The average molecular weight is 302 g/mol. The smallest absolute Gasteiger partial charge is 0.224 e. The van der Waals surface area contributed by atoms with Crippen molar-refractivity contribution < 1.29 is 4.79 Å². The van der Waals surface area contributed by atoms with E-state index in [4.69, 9.17) is 5.73 Å². The Balaban J connectivity index is 0.00000200. The first kappa shape index (κ1) is 16.9. The summed E-state index contributed by atoms with van der Waals surface area (Å²) in [5.41, 5.74) is 6.59. The third kappa shape index (κ3) is 4.47. The molecule has 20 heavy (non-hydrogen) atoms. The molecule has 6 nitrogen and oxygen atoms in total. The topological polar surface area (TPSA) is 76.2 Å². The van der Waals surface area contributed by atoms with Crippen molar-refractivity contribution in [2.75, 3.05) is 26.2 Å². The maximum Gasteiger partial charge on any atom is 0.224 e. The molecule has 1 fully saturated rings. The highest BCUT2D eigenvalue weighted by molar-refractivity contribution is 5.85. The molecule has 114 valence electrons. The van der Waals surface area contributed by atoms with Crippen molar-refractivity contribution in [2.24, 2.45) is 18.7 Å². The van der Waals surface area contributed by atoms with Crippen molar-refractivity contribution in [3.8, 4) is 0 Å². The second-order valence-electron chi connectivity index (χ2n) is 5.15. The first-order valence-corrected chi connectivity index (χ1v) is 6.86. The molecule has 7 heteroatoms. The van der Waals surface area contributed by atoms with E-state index in [1.165, 1.54) is 5.69 Å². The predicted molar refractivity (Wildman–Crippen MR) is 80.5 cm³/mol. The third-order valence-electron chi connectivity index (χ3n) is 3.62. The van der Waals surface area contributed by atoms with E-state index in [9.17, 15) is 4.79 Å². The van der Waals surface area contributed by atoms with Gasteiger partial charge in [0.05, 0.1) is 17.9 Å². The Bertz CT molecular complexity index is 423. The molecular formula is C13H24ClN5O. The Morgan fingerprint density at radius 2 is 2.40 bits per heavy atom. The van der Waals surface area contributed by atoms with Gasteiger partial charge in [0.1, 0.15) is 0 Å². The lowest BCUT2D eigenvalue weighted by atomic mass is 9.97. The van der Waals surface area contributed by atoms with Crippen LogP contribution in [0.1, 0.15) is 18.5 Å². The maximum absolute atomic E-state index is 12.0. The molecule has 1 amide bonds. The highest BCUT2D eigenvalue weighted by Gasteiger charge is 2.25. The van der Waals surface area contributed by atoms with Crippen LogP contribution in [0.4, 0.5) is 0 Å². The summed E-state index contributed by atoms with van der Waals surface area (Å²) in [7, 11) is 2.00. The second-order valence-corrected chi connectivity index (χ2v) is 5.15. The van der Waals surface area contributed by atoms with Crippen LogP contribution in [0.25, 0.3) is 0 Å². The molecule has 1 unspecified atom stereocenters. The van der Waals surface area contributed by atoms with Crippen LogP contribution in [0.2, 0.25) is 0 Å². The number of carbonyl (C=O) groups excluding carboxylic acids is 1. The van der Waals surface area contributed by atoms with Crippen LogP contribution in [0, 0.1) is 5.92 Å². The third-order valence-corrected chi connectivity index (χ3v) is 3.62. The number of imidazole rings is 1. The van der Waals surface area contributed by atoms with E-state index in [2.05, 4.69) is 15.2 Å². The zero-order valence-corrected chi connectivity index (χ0v) is 12.7. The SMILES string of the molecule is Cl.Cn1cncc1CN1CCCC(C(=O)NCCN)C1. The number of aryl methyl sites for hydroxylation is 1. The van der Waals surface area contributed by atoms with E-state index < -0.39 is 0 Å². The van der Waals surface area contributed by atoms with Crippen molar-refractivity contribution >= 4 is 18.3 Å². The summed E-state index contributed by atoms with van der Waals surface area (Å²) in [6, 6.07) is 0. The number of piperidine rings is 1. The Morgan fingerprint density at radius 3 is 3.05 bits per heavy atom. The van der Waals surface area contributed by atoms with Gasteiger partial charge in [-0.05, 0) is 19.4 Å². The minimum Gasteiger partial charge on any atom is -0.355 e. The van der Waals surface area contributed by atoms with Gasteiger partial charge in [-0.25, -0.2) is 4.98 Å². The molecule has 2 rings (SSSR count). The number of halogens is 1. The minimum absolute atomic E-state index is 0. The van der Waals surface area contributed by atoms with Crippen molar-refractivity contribution in [1.82, 2.24) is 19.8 Å². The van der Waals surface area contributed by atoms with Crippen LogP contribution in [-0.2, 0) is 18.4 Å². The van der Waals surface area contributed by atoms with Gasteiger partial charge in [0, 0.05) is 39.4 Å². The fraction of sp³-hybridized carbons (Fsp3) is 0.692. The highest BCUT2D eigenvalue weighted by atomic mass is 35.5. The Hall–Kier alpha value is -1.11. The Labute approximate surface area is 126 Å². The molecule has 0 saturated carbocycles. The van der Waals surface area contributed by atoms with Crippen LogP contribution in [0.15, 0.2) is 12.5 Å². The lowest BCUT2D eigenvalue weighted by Gasteiger charge is -2.31. The normalized spacial score (nSPS) is 19.4. The number of amides is 1. The van der Waals surface area contributed by atoms with Gasteiger partial charge >= 0.3 is 0 Å². The predicted octanol–water partition coefficient (Wildman–Crippen LogP) is 0.129. The summed E-state index contributed by atoms with van der Waals surface area (Å²) >= 11 is 0. The van der Waals surface area contributed by atoms with Crippen LogP contribution < -0.4 is 11.1 Å². The van der Waals surface area contributed by atoms with Gasteiger partial charge in [-0.1, -0.05) is 0 Å². The number of nitrogens with zero attached hydrogens (tertiary/aromatic N) is 3. The zero-order valence-electron chi connectivity index (χ0n) is 11.9. The van der Waals surface area contributed by atoms with E-state index in [0.29, 0.717) is 13.1 Å². The van der Waals surface area contributed by atoms with Gasteiger partial charge in [0.2, 0.25) is 5.91 Å². The van der Waals surface area contributed by atoms with Crippen molar-refractivity contribution in [3.63, 3.8) is 0 Å². The molecule has 0 bridgehead atoms. The van der Waals surface area contributed by atoms with Gasteiger partial charge in [-0.3, -0.25) is 9.69 Å². The summed E-state index contributed by atoms with van der Waals surface area (Å²) < 4.78 is 2.03. The van der Waals surface area contributed by atoms with E-state index >= 15 is 0 Å². The van der Waals surface area contributed by atoms with Crippen LogP contribution in [-0.4, -0.2) is 46.5 Å². The second kappa shape index (κ2) is 8.24. The lowest BCUT2D eigenvalue weighted by Crippen LogP contribution is -2.43. The first-order chi connectivity index (χ1) is 9.20. The van der Waals surface area contributed by atoms with Crippen LogP contribution in [0.3, 0.4) is 0 Å². The molecule has 1 aliphatic heterocycles. The molecule has 1 saturated heterocycles. The molecule has 0 radical (unpaired) electrons. The van der Waals surface area contributed by atoms with Crippen molar-refractivity contribution in [1.29, 1.82) is 0 Å². The largest absolute Gasteiger partial charge is 0.355 e. The first-order valence-electron chi connectivity index (χ1n) is 6.86. The molecule has 0 aromatic carbocycles. The van der Waals surface area contributed by atoms with E-state index in [1.54, 1.807) is 0 Å². The fourth-order valence-corrected chi connectivity index (χ4v) is 2.52. The standard InChI is InChI=1S/C13H23N5O.ClH/c1-17-10-15-7-12(17)9-18-6-2-3-11(8-18)13(19)16-5-4-14;/h7,10-11H,2-6,8-9,14H2,1H3,(H,16,19);1H. The fourth-order valence-electron chi connectivity index (χ4n) is 2.52. The summed E-state index contributed by atoms with van der Waals surface area (Å²) in [6.07, 6.45) is 5.74. The monoisotopic (exact) mass is 301 g/mol. The maximum atomic E-state index is 12.0. The van der Waals surface area contributed by atoms with Gasteiger partial charge in [0.25, 0.3) is 0 Å². The molecule has 1 aromatic heterocycles. The molecule has 0 aliphatic carbocycles. The quantitative estimate of drug-likeness (QED) is 0.810. The molecule has 0 spiro atoms. The molecule has 2 heterocycles. The summed E-state index contributed by atoms with van der Waals surface area (Å²) in [4.78, 5) is 18.4. The van der Waals surface area contributed by atoms with Crippen LogP contribution >= 0.6 is 12.4 Å².